The zero-order valence-electron chi connectivity index (χ0n) is 15.0. The monoisotopic (exact) mass is 352 g/mol. The van der Waals surface area contributed by atoms with Gasteiger partial charge in [0, 0.05) is 37.5 Å². The number of carbonyl (C=O) groups excluding carboxylic acids is 3. The van der Waals surface area contributed by atoms with Gasteiger partial charge in [0.2, 0.25) is 5.91 Å². The van der Waals surface area contributed by atoms with Gasteiger partial charge in [-0.05, 0) is 36.6 Å². The van der Waals surface area contributed by atoms with Crippen molar-refractivity contribution in [2.45, 2.75) is 38.6 Å². The van der Waals surface area contributed by atoms with Gasteiger partial charge in [0.25, 0.3) is 5.91 Å². The van der Waals surface area contributed by atoms with Gasteiger partial charge in [-0.2, -0.15) is 0 Å². The van der Waals surface area contributed by atoms with Crippen LogP contribution in [-0.2, 0) is 9.59 Å². The Bertz CT molecular complexity index is 818. The van der Waals surface area contributed by atoms with Crippen LogP contribution in [0.15, 0.2) is 42.5 Å². The number of amides is 2. The third kappa shape index (κ3) is 4.28. The smallest absolute Gasteiger partial charge is 0.252 e. The molecule has 0 atom stereocenters. The second kappa shape index (κ2) is 8.13. The number of nitrogens with zero attached hydrogens (tertiary/aromatic N) is 1. The number of nitrogens with one attached hydrogen (secondary N) is 1. The first-order chi connectivity index (χ1) is 12.5. The maximum Gasteiger partial charge on any atom is 0.252 e. The van der Waals surface area contributed by atoms with Crippen LogP contribution in [0.1, 0.15) is 43.0 Å². The second-order valence-corrected chi connectivity index (χ2v) is 6.86. The maximum atomic E-state index is 12.7. The van der Waals surface area contributed by atoms with Gasteiger partial charge in [-0.25, -0.2) is 0 Å². The summed E-state index contributed by atoms with van der Waals surface area (Å²) in [5.41, 5.74) is 0.683. The Hall–Kier alpha value is -2.69. The Labute approximate surface area is 153 Å². The van der Waals surface area contributed by atoms with Crippen molar-refractivity contribution < 1.29 is 14.4 Å². The van der Waals surface area contributed by atoms with Crippen LogP contribution < -0.4 is 5.32 Å². The number of fused-ring (bicyclic) bond motifs is 1. The predicted octanol–water partition coefficient (Wildman–Crippen LogP) is 2.93. The number of benzene rings is 2. The largest absolute Gasteiger partial charge is 0.349 e. The van der Waals surface area contributed by atoms with Crippen molar-refractivity contribution in [3.63, 3.8) is 0 Å². The third-order valence-corrected chi connectivity index (χ3v) is 4.91. The molecule has 0 radical (unpaired) electrons. The predicted molar refractivity (Wildman–Crippen MR) is 101 cm³/mol. The number of piperidine rings is 1. The fourth-order valence-corrected chi connectivity index (χ4v) is 3.40. The molecule has 1 saturated heterocycles. The Kier molecular flexibility index (Phi) is 5.66. The van der Waals surface area contributed by atoms with Crippen LogP contribution in [0.25, 0.3) is 10.8 Å². The van der Waals surface area contributed by atoms with Crippen LogP contribution >= 0.6 is 0 Å². The summed E-state index contributed by atoms with van der Waals surface area (Å²) >= 11 is 0. The van der Waals surface area contributed by atoms with Crippen molar-refractivity contribution in [1.82, 2.24) is 10.2 Å². The molecule has 5 nitrogen and oxygen atoms in total. The molecule has 1 fully saturated rings. The average molecular weight is 352 g/mol. The summed E-state index contributed by atoms with van der Waals surface area (Å²) in [5, 5.41) is 5.10. The molecule has 1 heterocycles. The van der Waals surface area contributed by atoms with Crippen LogP contribution in [0.3, 0.4) is 0 Å². The number of likely N-dealkylation sites (tertiary alicyclic amines) is 1. The summed E-state index contributed by atoms with van der Waals surface area (Å²) in [6, 6.07) is 13.7. The van der Waals surface area contributed by atoms with E-state index in [2.05, 4.69) is 5.32 Å². The molecule has 136 valence electrons. The lowest BCUT2D eigenvalue weighted by atomic mass is 10.0. The van der Waals surface area contributed by atoms with E-state index in [1.165, 1.54) is 6.92 Å². The SMILES string of the molecule is CC(=O)CCC(=O)N1CCC(NC(=O)c2cccc3ccccc23)CC1. The van der Waals surface area contributed by atoms with E-state index in [0.29, 0.717) is 25.1 Å². The minimum absolute atomic E-state index is 0.0269. The van der Waals surface area contributed by atoms with E-state index in [1.54, 1.807) is 4.90 Å². The molecule has 0 aromatic heterocycles. The molecule has 2 amide bonds. The first kappa shape index (κ1) is 18.1. The molecular formula is C21H24N2O3. The van der Waals surface area contributed by atoms with Gasteiger partial charge in [-0.15, -0.1) is 0 Å². The number of carbonyl (C=O) groups is 3. The topological polar surface area (TPSA) is 66.5 Å². The molecule has 2 aromatic rings. The number of hydrogen-bond donors (Lipinski definition) is 1. The van der Waals surface area contributed by atoms with Gasteiger partial charge < -0.3 is 15.0 Å². The van der Waals surface area contributed by atoms with E-state index in [-0.39, 0.29) is 30.1 Å². The van der Waals surface area contributed by atoms with Crippen molar-refractivity contribution in [3.05, 3.63) is 48.0 Å². The molecular weight excluding hydrogens is 328 g/mol. The van der Waals surface area contributed by atoms with Crippen LogP contribution in [-0.4, -0.2) is 41.6 Å². The Morgan fingerprint density at radius 2 is 1.69 bits per heavy atom. The third-order valence-electron chi connectivity index (χ3n) is 4.91. The molecule has 2 aromatic carbocycles. The van der Waals surface area contributed by atoms with E-state index in [4.69, 9.17) is 0 Å². The highest BCUT2D eigenvalue weighted by molar-refractivity contribution is 6.07. The minimum Gasteiger partial charge on any atom is -0.349 e. The van der Waals surface area contributed by atoms with E-state index in [9.17, 15) is 14.4 Å². The number of rotatable bonds is 5. The second-order valence-electron chi connectivity index (χ2n) is 6.86. The highest BCUT2D eigenvalue weighted by Crippen LogP contribution is 2.19. The van der Waals surface area contributed by atoms with Crippen LogP contribution in [0.5, 0.6) is 0 Å². The molecule has 5 heteroatoms. The number of ketones is 1. The number of hydrogen-bond acceptors (Lipinski definition) is 3. The highest BCUT2D eigenvalue weighted by Gasteiger charge is 2.24. The molecule has 3 rings (SSSR count). The average Bonchev–Trinajstić information content (AvgIpc) is 2.66. The lowest BCUT2D eigenvalue weighted by Gasteiger charge is -2.32. The number of Topliss-reactive ketones (excluding diaryl/α,β-unsaturated/α-hetero) is 1. The molecule has 0 bridgehead atoms. The van der Waals surface area contributed by atoms with Crippen molar-refractivity contribution in [2.24, 2.45) is 0 Å². The zero-order chi connectivity index (χ0) is 18.5. The van der Waals surface area contributed by atoms with Crippen molar-refractivity contribution >= 4 is 28.4 Å². The fourth-order valence-electron chi connectivity index (χ4n) is 3.40. The molecule has 0 unspecified atom stereocenters. The molecule has 26 heavy (non-hydrogen) atoms. The standard InChI is InChI=1S/C21H24N2O3/c1-15(24)9-10-20(25)23-13-11-17(12-14-23)22-21(26)19-8-4-6-16-5-2-3-7-18(16)19/h2-8,17H,9-14H2,1H3,(H,22,26). The van der Waals surface area contributed by atoms with E-state index >= 15 is 0 Å². The summed E-state index contributed by atoms with van der Waals surface area (Å²) in [6.07, 6.45) is 2.06. The van der Waals surface area contributed by atoms with E-state index in [1.807, 2.05) is 42.5 Å². The summed E-state index contributed by atoms with van der Waals surface area (Å²) in [7, 11) is 0. The first-order valence-electron chi connectivity index (χ1n) is 9.10. The van der Waals surface area contributed by atoms with Crippen LogP contribution in [0.4, 0.5) is 0 Å². The Morgan fingerprint density at radius 3 is 2.42 bits per heavy atom. The van der Waals surface area contributed by atoms with Crippen molar-refractivity contribution in [2.75, 3.05) is 13.1 Å². The van der Waals surface area contributed by atoms with Gasteiger partial charge in [-0.1, -0.05) is 36.4 Å². The molecule has 0 saturated carbocycles. The van der Waals surface area contributed by atoms with Crippen molar-refractivity contribution in [3.8, 4) is 0 Å². The van der Waals surface area contributed by atoms with Crippen LogP contribution in [0.2, 0.25) is 0 Å². The highest BCUT2D eigenvalue weighted by atomic mass is 16.2. The molecule has 1 aliphatic heterocycles. The summed E-state index contributed by atoms with van der Waals surface area (Å²) in [5.74, 6) is -0.00206. The van der Waals surface area contributed by atoms with Crippen LogP contribution in [0, 0.1) is 0 Å². The Balaban J connectivity index is 1.56. The summed E-state index contributed by atoms with van der Waals surface area (Å²) in [6.45, 7) is 2.75. The lowest BCUT2D eigenvalue weighted by molar-refractivity contribution is -0.133. The van der Waals surface area contributed by atoms with Gasteiger partial charge in [0.05, 0.1) is 0 Å². The summed E-state index contributed by atoms with van der Waals surface area (Å²) in [4.78, 5) is 37.6. The lowest BCUT2D eigenvalue weighted by Crippen LogP contribution is -2.46. The van der Waals surface area contributed by atoms with E-state index < -0.39 is 0 Å². The normalized spacial score (nSPS) is 15.0. The fraction of sp³-hybridized carbons (Fsp3) is 0.381. The van der Waals surface area contributed by atoms with Gasteiger partial charge in [-0.3, -0.25) is 9.59 Å². The minimum atomic E-state index is -0.0665. The quantitative estimate of drug-likeness (QED) is 0.900. The zero-order valence-corrected chi connectivity index (χ0v) is 15.0. The molecule has 1 aliphatic rings. The van der Waals surface area contributed by atoms with Crippen molar-refractivity contribution in [1.29, 1.82) is 0 Å². The van der Waals surface area contributed by atoms with Gasteiger partial charge in [0.15, 0.2) is 0 Å². The van der Waals surface area contributed by atoms with Gasteiger partial charge in [0.1, 0.15) is 5.78 Å². The molecule has 1 N–H and O–H groups in total. The summed E-state index contributed by atoms with van der Waals surface area (Å²) < 4.78 is 0. The first-order valence-corrected chi connectivity index (χ1v) is 9.10. The Morgan fingerprint density at radius 1 is 1.00 bits per heavy atom. The maximum absolute atomic E-state index is 12.7. The van der Waals surface area contributed by atoms with E-state index in [0.717, 1.165) is 23.6 Å². The molecule has 0 spiro atoms. The van der Waals surface area contributed by atoms with Gasteiger partial charge >= 0.3 is 0 Å². The molecule has 0 aliphatic carbocycles.